The van der Waals surface area contributed by atoms with Crippen molar-refractivity contribution in [2.24, 2.45) is 4.99 Å². The Morgan fingerprint density at radius 3 is 2.61 bits per heavy atom. The molecule has 1 unspecified atom stereocenters. The molecule has 0 saturated carbocycles. The maximum Gasteiger partial charge on any atom is 0.338 e. The lowest BCUT2D eigenvalue weighted by molar-refractivity contribution is -0.136. The van der Waals surface area contributed by atoms with Crippen molar-refractivity contribution >= 4 is 29.4 Å². The maximum absolute atomic E-state index is 13.6. The van der Waals surface area contributed by atoms with Crippen LogP contribution in [0.2, 0.25) is 0 Å². The second-order valence-corrected chi connectivity index (χ2v) is 9.08. The number of furan rings is 1. The summed E-state index contributed by atoms with van der Waals surface area (Å²) in [6.07, 6.45) is 1.62. The average Bonchev–Trinajstić information content (AvgIpc) is 3.48. The second-order valence-electron chi connectivity index (χ2n) is 8.07. The van der Waals surface area contributed by atoms with Crippen molar-refractivity contribution in [3.8, 4) is 11.3 Å². The highest BCUT2D eigenvalue weighted by Gasteiger charge is 2.32. The van der Waals surface area contributed by atoms with E-state index in [0.29, 0.717) is 37.7 Å². The number of benzene rings is 2. The lowest BCUT2D eigenvalue weighted by Crippen LogP contribution is -2.39. The number of aromatic nitrogens is 1. The van der Waals surface area contributed by atoms with Gasteiger partial charge in [0.05, 0.1) is 34.5 Å². The van der Waals surface area contributed by atoms with Crippen LogP contribution >= 0.6 is 11.3 Å². The van der Waals surface area contributed by atoms with Gasteiger partial charge in [-0.05, 0) is 36.8 Å². The molecule has 0 saturated heterocycles. The number of hydrogen-bond acceptors (Lipinski definition) is 7. The number of allylic oxidation sites excluding steroid dienone is 1. The zero-order valence-electron chi connectivity index (χ0n) is 19.3. The van der Waals surface area contributed by atoms with Gasteiger partial charge in [-0.15, -0.1) is 0 Å². The fraction of sp³-hybridized carbons (Fsp3) is 0.111. The molecule has 0 fully saturated rings. The van der Waals surface area contributed by atoms with Crippen LogP contribution < -0.4 is 14.9 Å². The molecule has 5 rings (SSSR count). The Morgan fingerprint density at radius 2 is 1.89 bits per heavy atom. The van der Waals surface area contributed by atoms with Crippen LogP contribution in [-0.4, -0.2) is 28.7 Å². The molecule has 0 spiro atoms. The number of carboxylic acid groups (broad SMARTS) is 1. The van der Waals surface area contributed by atoms with E-state index >= 15 is 0 Å². The molecule has 0 bridgehead atoms. The minimum atomic E-state index is -1.03. The predicted octanol–water partition coefficient (Wildman–Crippen LogP) is 3.37. The molecule has 2 aromatic heterocycles. The van der Waals surface area contributed by atoms with E-state index in [1.54, 1.807) is 37.3 Å². The highest BCUT2D eigenvalue weighted by atomic mass is 32.1. The number of carboxylic acids is 1. The van der Waals surface area contributed by atoms with Gasteiger partial charge in [0.15, 0.2) is 4.80 Å². The highest BCUT2D eigenvalue weighted by molar-refractivity contribution is 7.07. The number of rotatable bonds is 5. The first-order chi connectivity index (χ1) is 17.4. The summed E-state index contributed by atoms with van der Waals surface area (Å²) in [7, 11) is 1.30. The molecule has 36 heavy (non-hydrogen) atoms. The van der Waals surface area contributed by atoms with Crippen molar-refractivity contribution in [3.63, 3.8) is 0 Å². The molecule has 9 heteroatoms. The fourth-order valence-electron chi connectivity index (χ4n) is 4.16. The van der Waals surface area contributed by atoms with Gasteiger partial charge in [0.25, 0.3) is 5.56 Å². The van der Waals surface area contributed by atoms with Gasteiger partial charge in [-0.25, -0.2) is 14.6 Å². The van der Waals surface area contributed by atoms with Crippen LogP contribution in [0.25, 0.3) is 17.4 Å². The number of thiazole rings is 1. The number of carbonyl (C=O) groups excluding carboxylic acids is 1. The monoisotopic (exact) mass is 500 g/mol. The first-order valence-electron chi connectivity index (χ1n) is 11.0. The van der Waals surface area contributed by atoms with E-state index in [4.69, 9.17) is 9.15 Å². The molecule has 2 aromatic carbocycles. The molecule has 0 aliphatic carbocycles. The molecular formula is C27H20N2O6S. The SMILES string of the molecule is COC(=O)C1=C(C)N=c2s/c(=C\c3ccc(-c4cccc(C(=O)O)c4)o3)c(=O)n2C1c1ccccc1. The number of carbonyl (C=O) groups is 2. The summed E-state index contributed by atoms with van der Waals surface area (Å²) in [6.45, 7) is 1.73. The highest BCUT2D eigenvalue weighted by Crippen LogP contribution is 2.30. The Kier molecular flexibility index (Phi) is 5.99. The summed E-state index contributed by atoms with van der Waals surface area (Å²) in [5.41, 5.74) is 2.00. The topological polar surface area (TPSA) is 111 Å². The smallest absolute Gasteiger partial charge is 0.338 e. The first kappa shape index (κ1) is 23.3. The third-order valence-electron chi connectivity index (χ3n) is 5.84. The van der Waals surface area contributed by atoms with Crippen LogP contribution in [0.5, 0.6) is 0 Å². The van der Waals surface area contributed by atoms with Gasteiger partial charge in [-0.3, -0.25) is 9.36 Å². The van der Waals surface area contributed by atoms with Crippen molar-refractivity contribution in [2.45, 2.75) is 13.0 Å². The van der Waals surface area contributed by atoms with Gasteiger partial charge in [0.1, 0.15) is 11.5 Å². The van der Waals surface area contributed by atoms with Crippen molar-refractivity contribution in [1.29, 1.82) is 0 Å². The molecule has 3 heterocycles. The molecule has 1 N–H and O–H groups in total. The number of methoxy groups -OCH3 is 1. The first-order valence-corrected chi connectivity index (χ1v) is 11.8. The van der Waals surface area contributed by atoms with Gasteiger partial charge >= 0.3 is 11.9 Å². The summed E-state index contributed by atoms with van der Waals surface area (Å²) in [6, 6.07) is 18.4. The molecule has 0 radical (unpaired) electrons. The summed E-state index contributed by atoms with van der Waals surface area (Å²) >= 11 is 1.20. The van der Waals surface area contributed by atoms with Crippen LogP contribution in [-0.2, 0) is 9.53 Å². The third-order valence-corrected chi connectivity index (χ3v) is 6.82. The van der Waals surface area contributed by atoms with E-state index < -0.39 is 18.0 Å². The summed E-state index contributed by atoms with van der Waals surface area (Å²) in [5, 5.41) is 9.24. The van der Waals surface area contributed by atoms with Gasteiger partial charge < -0.3 is 14.3 Å². The van der Waals surface area contributed by atoms with Crippen LogP contribution in [0.15, 0.2) is 92.2 Å². The summed E-state index contributed by atoms with van der Waals surface area (Å²) in [5.74, 6) is -0.669. The number of fused-ring (bicyclic) bond motifs is 1. The standard InChI is InChI=1S/C27H20N2O6S/c1-15-22(26(33)34-2)23(16-7-4-3-5-8-16)29-24(30)21(36-27(29)28-15)14-19-11-12-20(35-19)17-9-6-10-18(13-17)25(31)32/h3-14,23H,1-2H3,(H,31,32)/b21-14-. The maximum atomic E-state index is 13.6. The van der Waals surface area contributed by atoms with Gasteiger partial charge in [0.2, 0.25) is 0 Å². The van der Waals surface area contributed by atoms with Gasteiger partial charge in [0, 0.05) is 11.6 Å². The number of esters is 1. The minimum absolute atomic E-state index is 0.149. The molecule has 4 aromatic rings. The molecule has 8 nitrogen and oxygen atoms in total. The van der Waals surface area contributed by atoms with Crippen molar-refractivity contribution in [3.05, 3.63) is 115 Å². The van der Waals surface area contributed by atoms with Crippen LogP contribution in [0.3, 0.4) is 0 Å². The Morgan fingerprint density at radius 1 is 1.11 bits per heavy atom. The number of hydrogen-bond donors (Lipinski definition) is 1. The van der Waals surface area contributed by atoms with Crippen LogP contribution in [0, 0.1) is 0 Å². The van der Waals surface area contributed by atoms with E-state index in [1.165, 1.54) is 35.1 Å². The molecule has 1 atom stereocenters. The predicted molar refractivity (Wildman–Crippen MR) is 133 cm³/mol. The summed E-state index contributed by atoms with van der Waals surface area (Å²) < 4.78 is 12.8. The minimum Gasteiger partial charge on any atom is -0.478 e. The molecular weight excluding hydrogens is 480 g/mol. The number of ether oxygens (including phenoxy) is 1. The molecule has 1 aliphatic rings. The normalized spacial score (nSPS) is 15.4. The molecule has 0 amide bonds. The fourth-order valence-corrected chi connectivity index (χ4v) is 5.19. The lowest BCUT2D eigenvalue weighted by Gasteiger charge is -2.24. The van der Waals surface area contributed by atoms with E-state index in [0.717, 1.165) is 5.56 Å². The van der Waals surface area contributed by atoms with Crippen LogP contribution in [0.1, 0.15) is 34.6 Å². The van der Waals surface area contributed by atoms with Crippen molar-refractivity contribution in [1.82, 2.24) is 4.57 Å². The Bertz CT molecular complexity index is 1710. The third kappa shape index (κ3) is 4.09. The zero-order valence-corrected chi connectivity index (χ0v) is 20.1. The van der Waals surface area contributed by atoms with Gasteiger partial charge in [-0.2, -0.15) is 0 Å². The van der Waals surface area contributed by atoms with E-state index in [9.17, 15) is 19.5 Å². The largest absolute Gasteiger partial charge is 0.478 e. The summed E-state index contributed by atoms with van der Waals surface area (Å²) in [4.78, 5) is 42.5. The number of aromatic carboxylic acids is 1. The van der Waals surface area contributed by atoms with Gasteiger partial charge in [-0.1, -0.05) is 53.8 Å². The zero-order chi connectivity index (χ0) is 25.4. The van der Waals surface area contributed by atoms with E-state index in [2.05, 4.69) is 4.99 Å². The quantitative estimate of drug-likeness (QED) is 0.421. The van der Waals surface area contributed by atoms with E-state index in [1.807, 2.05) is 30.3 Å². The Labute approximate surface area is 208 Å². The van der Waals surface area contributed by atoms with E-state index in [-0.39, 0.29) is 11.1 Å². The van der Waals surface area contributed by atoms with Crippen LogP contribution in [0.4, 0.5) is 0 Å². The molecule has 180 valence electrons. The Hall–Kier alpha value is -4.50. The van der Waals surface area contributed by atoms with Crippen molar-refractivity contribution in [2.75, 3.05) is 7.11 Å². The molecule has 1 aliphatic heterocycles. The lowest BCUT2D eigenvalue weighted by atomic mass is 9.96. The Balaban J connectivity index is 1.62. The second kappa shape index (κ2) is 9.27. The number of nitrogens with zero attached hydrogens (tertiary/aromatic N) is 2. The van der Waals surface area contributed by atoms with Crippen molar-refractivity contribution < 1.29 is 23.8 Å². The average molecular weight is 501 g/mol.